The highest BCUT2D eigenvalue weighted by atomic mass is 32.2. The molecular weight excluding hydrogens is 494 g/mol. The Morgan fingerprint density at radius 1 is 1.31 bits per heavy atom. The Morgan fingerprint density at radius 2 is 2.08 bits per heavy atom. The van der Waals surface area contributed by atoms with Gasteiger partial charge in [-0.05, 0) is 24.3 Å². The first-order valence-electron chi connectivity index (χ1n) is 10.9. The first kappa shape index (κ1) is 25.2. The van der Waals surface area contributed by atoms with Crippen LogP contribution >= 0.6 is 11.8 Å². The van der Waals surface area contributed by atoms with E-state index in [1.807, 2.05) is 31.9 Å². The summed E-state index contributed by atoms with van der Waals surface area (Å²) < 4.78 is 33.8. The highest BCUT2D eigenvalue weighted by molar-refractivity contribution is 7.99. The lowest BCUT2D eigenvalue weighted by atomic mass is 10.1. The number of carbonyl (C=O) groups is 2. The van der Waals surface area contributed by atoms with E-state index in [0.29, 0.717) is 12.4 Å². The minimum atomic E-state index is -3.09. The summed E-state index contributed by atoms with van der Waals surface area (Å²) in [5.41, 5.74) is 0.714. The van der Waals surface area contributed by atoms with Crippen molar-refractivity contribution in [2.45, 2.75) is 37.1 Å². The van der Waals surface area contributed by atoms with Crippen LogP contribution in [-0.2, 0) is 11.3 Å². The summed E-state index contributed by atoms with van der Waals surface area (Å²) in [4.78, 5) is 27.2. The van der Waals surface area contributed by atoms with Gasteiger partial charge in [-0.1, -0.05) is 13.8 Å². The maximum atomic E-state index is 13.3. The number of amides is 1. The molecule has 1 amide bonds. The van der Waals surface area contributed by atoms with E-state index in [0.717, 1.165) is 9.58 Å². The molecule has 0 atom stereocenters. The molecule has 0 saturated carbocycles. The topological polar surface area (TPSA) is 115 Å². The van der Waals surface area contributed by atoms with Gasteiger partial charge in [-0.25, -0.2) is 4.68 Å². The van der Waals surface area contributed by atoms with Gasteiger partial charge in [-0.3, -0.25) is 14.3 Å². The molecule has 2 aromatic heterocycles. The number of nitrogens with one attached hydrogen (secondary N) is 1. The van der Waals surface area contributed by atoms with Gasteiger partial charge >= 0.3 is 12.6 Å². The van der Waals surface area contributed by atoms with Gasteiger partial charge < -0.3 is 20.1 Å². The third-order valence-electron chi connectivity index (χ3n) is 5.10. The van der Waals surface area contributed by atoms with Crippen molar-refractivity contribution in [3.05, 3.63) is 42.2 Å². The lowest BCUT2D eigenvalue weighted by molar-refractivity contribution is -0.137. The number of alkyl halides is 2. The van der Waals surface area contributed by atoms with Gasteiger partial charge in [0.15, 0.2) is 0 Å². The molecule has 190 valence electrons. The molecule has 0 bridgehead atoms. The average Bonchev–Trinajstić information content (AvgIpc) is 3.38. The number of carboxylic acid groups (broad SMARTS) is 1. The molecule has 3 aromatic rings. The standard InChI is InChI=1S/C23H24F2N6O4S/c1-13(2)36-14-5-6-18(35-23(24)25)15(9-14)20-17(11-30(28-20)12-19(32)33)27-21(34)16-10-26-31-8-4-7-29(3)22(16)31/h4-6,8-11,13,23H,7,12H2,1-3H3,(H,27,34)(H,32,33). The molecule has 0 fully saturated rings. The number of nitrogens with zero attached hydrogens (tertiary/aromatic N) is 5. The van der Waals surface area contributed by atoms with E-state index in [-0.39, 0.29) is 33.5 Å². The van der Waals surface area contributed by atoms with Gasteiger partial charge in [0.2, 0.25) is 0 Å². The Morgan fingerprint density at radius 3 is 2.78 bits per heavy atom. The van der Waals surface area contributed by atoms with Crippen molar-refractivity contribution in [2.24, 2.45) is 0 Å². The second-order valence-corrected chi connectivity index (χ2v) is 9.88. The summed E-state index contributed by atoms with van der Waals surface area (Å²) in [7, 11) is 1.82. The number of thioether (sulfide) groups is 1. The minimum Gasteiger partial charge on any atom is -0.480 e. The number of aliphatic carboxylic acids is 1. The van der Waals surface area contributed by atoms with Crippen molar-refractivity contribution in [1.29, 1.82) is 0 Å². The molecular formula is C23H24F2N6O4S. The molecule has 2 N–H and O–H groups in total. The van der Waals surface area contributed by atoms with E-state index < -0.39 is 25.0 Å². The molecule has 0 radical (unpaired) electrons. The zero-order valence-corrected chi connectivity index (χ0v) is 20.5. The number of likely N-dealkylation sites (N-methyl/N-ethyl adjacent to an activating group) is 1. The Kier molecular flexibility index (Phi) is 7.29. The molecule has 3 heterocycles. The minimum absolute atomic E-state index is 0.0979. The predicted molar refractivity (Wildman–Crippen MR) is 132 cm³/mol. The highest BCUT2D eigenvalue weighted by Gasteiger charge is 2.25. The first-order valence-corrected chi connectivity index (χ1v) is 11.8. The number of carboxylic acids is 1. The lowest BCUT2D eigenvalue weighted by Gasteiger charge is -2.22. The van der Waals surface area contributed by atoms with Crippen LogP contribution in [0.1, 0.15) is 24.2 Å². The fourth-order valence-electron chi connectivity index (χ4n) is 3.76. The molecule has 0 unspecified atom stereocenters. The second-order valence-electron chi connectivity index (χ2n) is 8.23. The molecule has 4 rings (SSSR count). The number of hydrogen-bond acceptors (Lipinski definition) is 7. The van der Waals surface area contributed by atoms with Crippen LogP contribution in [0, 0.1) is 0 Å². The van der Waals surface area contributed by atoms with Crippen molar-refractivity contribution in [3.63, 3.8) is 0 Å². The predicted octanol–water partition coefficient (Wildman–Crippen LogP) is 4.11. The van der Waals surface area contributed by atoms with Crippen LogP contribution < -0.4 is 15.0 Å². The number of ether oxygens (including phenoxy) is 1. The Balaban J connectivity index is 1.77. The van der Waals surface area contributed by atoms with Crippen molar-refractivity contribution in [1.82, 2.24) is 19.6 Å². The smallest absolute Gasteiger partial charge is 0.387 e. The SMILES string of the molecule is CC(C)Sc1ccc(OC(F)F)c(-c2nn(CC(=O)O)cc2NC(=O)c2cnn3c2N(C)CC=C3)c1. The van der Waals surface area contributed by atoms with E-state index in [9.17, 15) is 23.5 Å². The number of halogens is 2. The number of aromatic nitrogens is 4. The number of anilines is 2. The number of rotatable bonds is 9. The van der Waals surface area contributed by atoms with E-state index >= 15 is 0 Å². The summed E-state index contributed by atoms with van der Waals surface area (Å²) in [5, 5.41) is 20.7. The van der Waals surface area contributed by atoms with E-state index in [2.05, 4.69) is 15.5 Å². The fourth-order valence-corrected chi connectivity index (χ4v) is 4.63. The van der Waals surface area contributed by atoms with Crippen LogP contribution in [0.5, 0.6) is 5.75 Å². The summed E-state index contributed by atoms with van der Waals surface area (Å²) in [6.07, 6.45) is 6.40. The molecule has 1 aliphatic heterocycles. The van der Waals surface area contributed by atoms with E-state index in [1.165, 1.54) is 30.2 Å². The number of carbonyl (C=O) groups excluding carboxylic acids is 1. The van der Waals surface area contributed by atoms with Gasteiger partial charge in [0.05, 0.1) is 11.9 Å². The molecule has 36 heavy (non-hydrogen) atoms. The number of fused-ring (bicyclic) bond motifs is 1. The van der Waals surface area contributed by atoms with Gasteiger partial charge in [0, 0.05) is 41.7 Å². The maximum absolute atomic E-state index is 13.3. The molecule has 13 heteroatoms. The Labute approximate surface area is 209 Å². The summed E-state index contributed by atoms with van der Waals surface area (Å²) in [6.45, 7) is 0.974. The summed E-state index contributed by atoms with van der Waals surface area (Å²) in [5.74, 6) is -1.25. The van der Waals surface area contributed by atoms with E-state index in [4.69, 9.17) is 4.74 Å². The first-order chi connectivity index (χ1) is 17.1. The highest BCUT2D eigenvalue weighted by Crippen LogP contribution is 2.39. The van der Waals surface area contributed by atoms with Crippen LogP contribution in [0.25, 0.3) is 17.5 Å². The van der Waals surface area contributed by atoms with Crippen molar-refractivity contribution >= 4 is 41.3 Å². The maximum Gasteiger partial charge on any atom is 0.387 e. The van der Waals surface area contributed by atoms with Crippen LogP contribution in [-0.4, -0.2) is 62.0 Å². The molecule has 10 nitrogen and oxygen atoms in total. The lowest BCUT2D eigenvalue weighted by Crippen LogP contribution is -2.25. The van der Waals surface area contributed by atoms with Gasteiger partial charge in [-0.2, -0.15) is 19.0 Å². The van der Waals surface area contributed by atoms with Gasteiger partial charge in [0.1, 0.15) is 29.4 Å². The van der Waals surface area contributed by atoms with Crippen LogP contribution in [0.15, 0.2) is 41.6 Å². The molecule has 0 saturated heterocycles. The quantitative estimate of drug-likeness (QED) is 0.407. The summed E-state index contributed by atoms with van der Waals surface area (Å²) >= 11 is 1.50. The Hall–Kier alpha value is -3.87. The summed E-state index contributed by atoms with van der Waals surface area (Å²) in [6, 6.07) is 4.69. The number of hydrogen-bond donors (Lipinski definition) is 2. The second kappa shape index (κ2) is 10.4. The normalized spacial score (nSPS) is 12.8. The largest absolute Gasteiger partial charge is 0.480 e. The third kappa shape index (κ3) is 5.51. The molecule has 0 aliphatic carbocycles. The van der Waals surface area contributed by atoms with Crippen molar-refractivity contribution in [3.8, 4) is 17.0 Å². The van der Waals surface area contributed by atoms with Crippen LogP contribution in [0.3, 0.4) is 0 Å². The van der Waals surface area contributed by atoms with Crippen LogP contribution in [0.2, 0.25) is 0 Å². The zero-order chi connectivity index (χ0) is 26.0. The average molecular weight is 519 g/mol. The van der Waals surface area contributed by atoms with Crippen molar-refractivity contribution < 1.29 is 28.2 Å². The van der Waals surface area contributed by atoms with Crippen molar-refractivity contribution in [2.75, 3.05) is 23.8 Å². The van der Waals surface area contributed by atoms with Gasteiger partial charge in [0.25, 0.3) is 5.91 Å². The van der Waals surface area contributed by atoms with E-state index in [1.54, 1.807) is 23.0 Å². The molecule has 0 spiro atoms. The third-order valence-corrected chi connectivity index (χ3v) is 6.10. The van der Waals surface area contributed by atoms with Gasteiger partial charge in [-0.15, -0.1) is 11.8 Å². The van der Waals surface area contributed by atoms with Crippen LogP contribution in [0.4, 0.5) is 20.3 Å². The fraction of sp³-hybridized carbons (Fsp3) is 0.304. The zero-order valence-electron chi connectivity index (χ0n) is 19.7. The molecule has 1 aromatic carbocycles. The number of benzene rings is 1. The monoisotopic (exact) mass is 518 g/mol. The Bertz CT molecular complexity index is 1320. The molecule has 1 aliphatic rings.